The van der Waals surface area contributed by atoms with Crippen LogP contribution >= 0.6 is 0 Å². The highest BCUT2D eigenvalue weighted by molar-refractivity contribution is 6.01. The molecule has 0 amide bonds. The van der Waals surface area contributed by atoms with E-state index >= 15 is 0 Å². The highest BCUT2D eigenvalue weighted by Crippen LogP contribution is 2.38. The van der Waals surface area contributed by atoms with Crippen molar-refractivity contribution >= 4 is 39.3 Å². The van der Waals surface area contributed by atoms with Gasteiger partial charge in [0, 0.05) is 35.8 Å². The molecule has 0 unspecified atom stereocenters. The molecule has 0 radical (unpaired) electrons. The number of nitrogen functional groups attached to an aromatic ring is 1. The van der Waals surface area contributed by atoms with Crippen LogP contribution in [0.1, 0.15) is 58.1 Å². The largest absolute Gasteiger partial charge is 0.383 e. The van der Waals surface area contributed by atoms with Crippen molar-refractivity contribution in [3.63, 3.8) is 0 Å². The average Bonchev–Trinajstić information content (AvgIpc) is 3.60. The second-order valence-corrected chi connectivity index (χ2v) is 12.6. The third-order valence-electron chi connectivity index (χ3n) is 8.94. The van der Waals surface area contributed by atoms with Crippen molar-refractivity contribution in [3.05, 3.63) is 54.4 Å². The van der Waals surface area contributed by atoms with Gasteiger partial charge in [-0.05, 0) is 60.9 Å². The minimum atomic E-state index is 0.103. The number of hydrogen-bond acceptors (Lipinski definition) is 8. The van der Waals surface area contributed by atoms with Crippen molar-refractivity contribution in [2.75, 3.05) is 37.4 Å². The van der Waals surface area contributed by atoms with E-state index in [1.54, 1.807) is 6.33 Å². The van der Waals surface area contributed by atoms with Gasteiger partial charge in [-0.25, -0.2) is 14.6 Å². The number of aromatic amines is 1. The van der Waals surface area contributed by atoms with Gasteiger partial charge in [-0.2, -0.15) is 10.2 Å². The van der Waals surface area contributed by atoms with Crippen molar-refractivity contribution < 1.29 is 4.74 Å². The topological polar surface area (TPSA) is 123 Å². The quantitative estimate of drug-likeness (QED) is 0.244. The number of fused-ring (bicyclic) bond motifs is 2. The monoisotopic (exact) mass is 565 g/mol. The van der Waals surface area contributed by atoms with E-state index in [2.05, 4.69) is 92.2 Å². The van der Waals surface area contributed by atoms with Crippen LogP contribution in [0.4, 0.5) is 17.3 Å². The summed E-state index contributed by atoms with van der Waals surface area (Å²) in [7, 11) is 0. The molecule has 0 spiro atoms. The third-order valence-corrected chi connectivity index (χ3v) is 8.94. The number of nitrogens with zero attached hydrogens (tertiary/aromatic N) is 6. The maximum Gasteiger partial charge on any atom is 0.164 e. The normalized spacial score (nSPS) is 20.4. The molecule has 218 valence electrons. The Kier molecular flexibility index (Phi) is 6.82. The van der Waals surface area contributed by atoms with Gasteiger partial charge in [-0.3, -0.25) is 10.00 Å². The van der Waals surface area contributed by atoms with Crippen LogP contribution in [0.15, 0.2) is 48.8 Å². The van der Waals surface area contributed by atoms with E-state index in [-0.39, 0.29) is 11.5 Å². The molecule has 2 aliphatic rings. The summed E-state index contributed by atoms with van der Waals surface area (Å²) in [5.74, 6) is 1.22. The molecule has 10 heteroatoms. The molecule has 1 saturated heterocycles. The van der Waals surface area contributed by atoms with E-state index in [0.717, 1.165) is 96.7 Å². The van der Waals surface area contributed by atoms with Gasteiger partial charge in [-0.1, -0.05) is 39.0 Å². The minimum absolute atomic E-state index is 0.103. The van der Waals surface area contributed by atoms with E-state index in [1.165, 1.54) is 5.56 Å². The zero-order valence-corrected chi connectivity index (χ0v) is 24.6. The summed E-state index contributed by atoms with van der Waals surface area (Å²) in [5.41, 5.74) is 12.4. The van der Waals surface area contributed by atoms with E-state index in [9.17, 15) is 0 Å². The number of rotatable bonds is 5. The Balaban J connectivity index is 1.19. The van der Waals surface area contributed by atoms with Crippen LogP contribution in [0.5, 0.6) is 0 Å². The molecule has 1 aliphatic carbocycles. The smallest absolute Gasteiger partial charge is 0.164 e. The Morgan fingerprint density at radius 3 is 2.43 bits per heavy atom. The summed E-state index contributed by atoms with van der Waals surface area (Å²) in [6, 6.07) is 15.7. The molecular weight excluding hydrogens is 526 g/mol. The molecule has 4 heterocycles. The lowest BCUT2D eigenvalue weighted by Crippen LogP contribution is -2.45. The molecule has 0 atom stereocenters. The van der Waals surface area contributed by atoms with E-state index in [0.29, 0.717) is 11.9 Å². The molecule has 2 fully saturated rings. The molecule has 3 aromatic heterocycles. The first-order chi connectivity index (χ1) is 20.3. The van der Waals surface area contributed by atoms with Gasteiger partial charge in [0.15, 0.2) is 11.5 Å². The van der Waals surface area contributed by atoms with Gasteiger partial charge in [0.05, 0.1) is 30.2 Å². The first-order valence-corrected chi connectivity index (χ1v) is 15.0. The van der Waals surface area contributed by atoms with Crippen molar-refractivity contribution in [1.82, 2.24) is 34.8 Å². The summed E-state index contributed by atoms with van der Waals surface area (Å²) in [6.45, 7) is 10.4. The molecule has 10 nitrogen and oxygen atoms in total. The van der Waals surface area contributed by atoms with Crippen molar-refractivity contribution in [2.24, 2.45) is 0 Å². The number of morpholine rings is 1. The number of benzene rings is 2. The summed E-state index contributed by atoms with van der Waals surface area (Å²) in [4.78, 5) is 11.6. The molecule has 2 aromatic carbocycles. The number of aromatic nitrogens is 6. The first-order valence-electron chi connectivity index (χ1n) is 15.0. The van der Waals surface area contributed by atoms with Gasteiger partial charge in [-0.15, -0.1) is 0 Å². The van der Waals surface area contributed by atoms with Crippen LogP contribution in [0, 0.1) is 0 Å². The number of ether oxygens (including phenoxy) is 1. The SMILES string of the molecule is CC(C)(C)c1ccc(Nc2n[nH]c3ccc(-c4nn(C5CCC(N6CCOCC6)CC5)c5ncnc(N)c45)cc23)cc1. The predicted octanol–water partition coefficient (Wildman–Crippen LogP) is 5.81. The summed E-state index contributed by atoms with van der Waals surface area (Å²) >= 11 is 0. The molecule has 0 bridgehead atoms. The average molecular weight is 566 g/mol. The van der Waals surface area contributed by atoms with Crippen LogP contribution in [0.2, 0.25) is 0 Å². The number of H-pyrrole nitrogens is 1. The van der Waals surface area contributed by atoms with Gasteiger partial charge >= 0.3 is 0 Å². The molecule has 4 N–H and O–H groups in total. The fourth-order valence-corrected chi connectivity index (χ4v) is 6.51. The summed E-state index contributed by atoms with van der Waals surface area (Å²) < 4.78 is 7.67. The molecule has 1 saturated carbocycles. The van der Waals surface area contributed by atoms with Crippen molar-refractivity contribution in [1.29, 1.82) is 0 Å². The lowest BCUT2D eigenvalue weighted by molar-refractivity contribution is 0.00520. The zero-order valence-electron chi connectivity index (χ0n) is 24.6. The summed E-state index contributed by atoms with van der Waals surface area (Å²) in [5, 5.41) is 18.2. The van der Waals surface area contributed by atoms with Crippen molar-refractivity contribution in [2.45, 2.75) is 64.0 Å². The minimum Gasteiger partial charge on any atom is -0.383 e. The van der Waals surface area contributed by atoms with Crippen molar-refractivity contribution in [3.8, 4) is 11.3 Å². The predicted molar refractivity (Wildman–Crippen MR) is 167 cm³/mol. The van der Waals surface area contributed by atoms with E-state index in [4.69, 9.17) is 15.6 Å². The standard InChI is InChI=1S/C32H39N9O/c1-32(2,3)21-5-7-22(8-6-21)36-30-25-18-20(4-13-26(25)37-38-30)28-27-29(33)34-19-35-31(27)41(39-28)24-11-9-23(10-12-24)40-14-16-42-17-15-40/h4-8,13,18-19,23-24H,9-12,14-17H2,1-3H3,(H2,33,34,35)(H2,36,37,38). The lowest BCUT2D eigenvalue weighted by atomic mass is 9.87. The molecule has 1 aliphatic heterocycles. The first kappa shape index (κ1) is 26.9. The lowest BCUT2D eigenvalue weighted by Gasteiger charge is -2.38. The third kappa shape index (κ3) is 4.98. The van der Waals surface area contributed by atoms with Gasteiger partial charge in [0.1, 0.15) is 17.8 Å². The van der Waals surface area contributed by atoms with E-state index < -0.39 is 0 Å². The molecule has 42 heavy (non-hydrogen) atoms. The Morgan fingerprint density at radius 1 is 0.952 bits per heavy atom. The van der Waals surface area contributed by atoms with Crippen LogP contribution < -0.4 is 11.1 Å². The molecule has 5 aromatic rings. The van der Waals surface area contributed by atoms with Crippen LogP contribution in [-0.4, -0.2) is 67.2 Å². The van der Waals surface area contributed by atoms with Crippen LogP contribution in [-0.2, 0) is 10.2 Å². The highest BCUT2D eigenvalue weighted by atomic mass is 16.5. The Bertz CT molecular complexity index is 1700. The fourth-order valence-electron chi connectivity index (χ4n) is 6.51. The summed E-state index contributed by atoms with van der Waals surface area (Å²) in [6.07, 6.45) is 5.96. The highest BCUT2D eigenvalue weighted by Gasteiger charge is 2.30. The zero-order chi connectivity index (χ0) is 28.8. The number of anilines is 3. The Morgan fingerprint density at radius 2 is 1.69 bits per heavy atom. The maximum absolute atomic E-state index is 6.47. The fraction of sp³-hybridized carbons (Fsp3) is 0.438. The Labute approximate surface area is 245 Å². The van der Waals surface area contributed by atoms with Gasteiger partial charge in [0.2, 0.25) is 0 Å². The Hall–Kier alpha value is -4.02. The van der Waals surface area contributed by atoms with Crippen LogP contribution in [0.3, 0.4) is 0 Å². The van der Waals surface area contributed by atoms with Gasteiger partial charge in [0.25, 0.3) is 0 Å². The second kappa shape index (κ2) is 10.7. The second-order valence-electron chi connectivity index (χ2n) is 12.6. The van der Waals surface area contributed by atoms with E-state index in [1.807, 2.05) is 6.07 Å². The number of nitrogens with two attached hydrogens (primary N) is 1. The molecular formula is C32H39N9O. The molecule has 7 rings (SSSR count). The number of nitrogens with one attached hydrogen (secondary N) is 2. The number of hydrogen-bond donors (Lipinski definition) is 3. The maximum atomic E-state index is 6.47. The van der Waals surface area contributed by atoms with Crippen LogP contribution in [0.25, 0.3) is 33.2 Å². The van der Waals surface area contributed by atoms with Gasteiger partial charge < -0.3 is 15.8 Å².